The van der Waals surface area contributed by atoms with Crippen molar-refractivity contribution in [3.63, 3.8) is 0 Å². The predicted molar refractivity (Wildman–Crippen MR) is 100 cm³/mol. The number of amides is 1. The second-order valence-electron chi connectivity index (χ2n) is 5.54. The van der Waals surface area contributed by atoms with Gasteiger partial charge in [0.25, 0.3) is 0 Å². The standard InChI is InChI=1S/C18H23N3O5S/c1-3-26-15-4-6-16(7-5-15)27(23,24)21-11-9-17(22)20-13-14-8-10-19-18(12-14)25-2/h4-8,10,12,21H,3,9,11,13H2,1-2H3,(H,20,22). The molecule has 0 aliphatic rings. The van der Waals surface area contributed by atoms with Gasteiger partial charge in [0.15, 0.2) is 0 Å². The third kappa shape index (κ3) is 6.54. The molecule has 0 aliphatic carbocycles. The molecule has 0 saturated carbocycles. The summed E-state index contributed by atoms with van der Waals surface area (Å²) in [6.07, 6.45) is 1.61. The highest BCUT2D eigenvalue weighted by Crippen LogP contribution is 2.15. The van der Waals surface area contributed by atoms with Crippen LogP contribution in [0.3, 0.4) is 0 Å². The summed E-state index contributed by atoms with van der Waals surface area (Å²) in [6, 6.07) is 9.59. The molecule has 0 bridgehead atoms. The van der Waals surface area contributed by atoms with E-state index in [2.05, 4.69) is 15.0 Å². The van der Waals surface area contributed by atoms with Crippen LogP contribution < -0.4 is 19.5 Å². The van der Waals surface area contributed by atoms with Gasteiger partial charge in [-0.3, -0.25) is 4.79 Å². The van der Waals surface area contributed by atoms with Crippen LogP contribution in [-0.4, -0.2) is 39.6 Å². The molecule has 1 amide bonds. The molecular formula is C18H23N3O5S. The van der Waals surface area contributed by atoms with Crippen molar-refractivity contribution in [1.29, 1.82) is 0 Å². The number of nitrogens with one attached hydrogen (secondary N) is 2. The van der Waals surface area contributed by atoms with Gasteiger partial charge in [0.2, 0.25) is 21.8 Å². The van der Waals surface area contributed by atoms with Gasteiger partial charge in [-0.25, -0.2) is 18.1 Å². The van der Waals surface area contributed by atoms with E-state index in [9.17, 15) is 13.2 Å². The second-order valence-corrected chi connectivity index (χ2v) is 7.30. The van der Waals surface area contributed by atoms with Gasteiger partial charge in [-0.15, -0.1) is 0 Å². The van der Waals surface area contributed by atoms with E-state index < -0.39 is 10.0 Å². The third-order valence-corrected chi connectivity index (χ3v) is 5.06. The van der Waals surface area contributed by atoms with E-state index in [0.717, 1.165) is 5.56 Å². The lowest BCUT2D eigenvalue weighted by Gasteiger charge is -2.09. The first-order chi connectivity index (χ1) is 12.9. The summed E-state index contributed by atoms with van der Waals surface area (Å²) in [4.78, 5) is 16.0. The van der Waals surface area contributed by atoms with Crippen molar-refractivity contribution in [2.45, 2.75) is 24.8 Å². The van der Waals surface area contributed by atoms with E-state index in [4.69, 9.17) is 9.47 Å². The van der Waals surface area contributed by atoms with E-state index in [0.29, 0.717) is 24.8 Å². The molecule has 1 aromatic carbocycles. The van der Waals surface area contributed by atoms with Gasteiger partial charge < -0.3 is 14.8 Å². The van der Waals surface area contributed by atoms with Crippen LogP contribution in [0.1, 0.15) is 18.9 Å². The highest BCUT2D eigenvalue weighted by atomic mass is 32.2. The molecule has 2 aromatic rings. The normalized spacial score (nSPS) is 11.0. The zero-order valence-electron chi connectivity index (χ0n) is 15.3. The molecule has 0 spiro atoms. The van der Waals surface area contributed by atoms with Gasteiger partial charge in [-0.05, 0) is 42.8 Å². The molecular weight excluding hydrogens is 370 g/mol. The summed E-state index contributed by atoms with van der Waals surface area (Å²) in [5.41, 5.74) is 0.838. The van der Waals surface area contributed by atoms with Gasteiger partial charge in [-0.1, -0.05) is 0 Å². The first kappa shape index (κ1) is 20.7. The molecule has 27 heavy (non-hydrogen) atoms. The van der Waals surface area contributed by atoms with Crippen molar-refractivity contribution in [2.75, 3.05) is 20.3 Å². The molecule has 2 rings (SSSR count). The summed E-state index contributed by atoms with van der Waals surface area (Å²) >= 11 is 0. The Hall–Kier alpha value is -2.65. The number of sulfonamides is 1. The van der Waals surface area contributed by atoms with Gasteiger partial charge in [-0.2, -0.15) is 0 Å². The third-order valence-electron chi connectivity index (χ3n) is 3.59. The van der Waals surface area contributed by atoms with Gasteiger partial charge >= 0.3 is 0 Å². The summed E-state index contributed by atoms with van der Waals surface area (Å²) in [5, 5.41) is 2.72. The Morgan fingerprint density at radius 1 is 1.19 bits per heavy atom. The minimum absolute atomic E-state index is 0.00104. The Kier molecular flexibility index (Phi) is 7.56. The van der Waals surface area contributed by atoms with Crippen LogP contribution in [0.4, 0.5) is 0 Å². The average Bonchev–Trinajstić information content (AvgIpc) is 2.67. The van der Waals surface area contributed by atoms with Gasteiger partial charge in [0.1, 0.15) is 5.75 Å². The number of methoxy groups -OCH3 is 1. The number of hydrogen-bond donors (Lipinski definition) is 2. The molecule has 0 unspecified atom stereocenters. The summed E-state index contributed by atoms with van der Waals surface area (Å²) in [6.45, 7) is 2.67. The second kappa shape index (κ2) is 9.89. The largest absolute Gasteiger partial charge is 0.494 e. The fourth-order valence-corrected chi connectivity index (χ4v) is 3.26. The highest BCUT2D eigenvalue weighted by Gasteiger charge is 2.14. The minimum atomic E-state index is -3.67. The van der Waals surface area contributed by atoms with Crippen LogP contribution in [0.5, 0.6) is 11.6 Å². The predicted octanol–water partition coefficient (Wildman–Crippen LogP) is 1.47. The van der Waals surface area contributed by atoms with Crippen molar-refractivity contribution in [3.05, 3.63) is 48.2 Å². The van der Waals surface area contributed by atoms with Crippen LogP contribution in [0, 0.1) is 0 Å². The molecule has 146 valence electrons. The van der Waals surface area contributed by atoms with Crippen molar-refractivity contribution >= 4 is 15.9 Å². The molecule has 0 aliphatic heterocycles. The number of carbonyl (C=O) groups is 1. The first-order valence-corrected chi connectivity index (χ1v) is 9.91. The first-order valence-electron chi connectivity index (χ1n) is 8.42. The van der Waals surface area contributed by atoms with Gasteiger partial charge in [0, 0.05) is 31.8 Å². The van der Waals surface area contributed by atoms with Crippen molar-refractivity contribution in [2.24, 2.45) is 0 Å². The molecule has 2 N–H and O–H groups in total. The molecule has 1 aromatic heterocycles. The van der Waals surface area contributed by atoms with Crippen LogP contribution >= 0.6 is 0 Å². The lowest BCUT2D eigenvalue weighted by Crippen LogP contribution is -2.30. The summed E-state index contributed by atoms with van der Waals surface area (Å²) in [7, 11) is -2.16. The monoisotopic (exact) mass is 393 g/mol. The maximum atomic E-state index is 12.2. The number of pyridine rings is 1. The summed E-state index contributed by atoms with van der Waals surface area (Å²) < 4.78 is 37.2. The lowest BCUT2D eigenvalue weighted by molar-refractivity contribution is -0.121. The SMILES string of the molecule is CCOc1ccc(S(=O)(=O)NCCC(=O)NCc2ccnc(OC)c2)cc1. The Bertz CT molecular complexity index is 854. The molecule has 8 nitrogen and oxygen atoms in total. The van der Waals surface area contributed by atoms with Crippen molar-refractivity contribution < 1.29 is 22.7 Å². The van der Waals surface area contributed by atoms with Crippen LogP contribution in [0.2, 0.25) is 0 Å². The number of rotatable bonds is 10. The fraction of sp³-hybridized carbons (Fsp3) is 0.333. The lowest BCUT2D eigenvalue weighted by atomic mass is 10.2. The van der Waals surface area contributed by atoms with E-state index in [-0.39, 0.29) is 23.8 Å². The molecule has 0 saturated heterocycles. The van der Waals surface area contributed by atoms with E-state index >= 15 is 0 Å². The molecule has 0 fully saturated rings. The molecule has 0 atom stereocenters. The van der Waals surface area contributed by atoms with Crippen LogP contribution in [0.15, 0.2) is 47.5 Å². The summed E-state index contributed by atoms with van der Waals surface area (Å²) in [5.74, 6) is 0.800. The zero-order valence-corrected chi connectivity index (χ0v) is 16.1. The Morgan fingerprint density at radius 2 is 1.93 bits per heavy atom. The minimum Gasteiger partial charge on any atom is -0.494 e. The van der Waals surface area contributed by atoms with Crippen LogP contribution in [0.25, 0.3) is 0 Å². The smallest absolute Gasteiger partial charge is 0.240 e. The Labute approximate surface area is 159 Å². The molecule has 9 heteroatoms. The maximum absolute atomic E-state index is 12.2. The Morgan fingerprint density at radius 3 is 2.59 bits per heavy atom. The fourth-order valence-electron chi connectivity index (χ4n) is 2.23. The van der Waals surface area contributed by atoms with Gasteiger partial charge in [0.05, 0.1) is 18.6 Å². The number of nitrogens with zero attached hydrogens (tertiary/aromatic N) is 1. The van der Waals surface area contributed by atoms with E-state index in [1.165, 1.54) is 19.2 Å². The number of carbonyl (C=O) groups excluding carboxylic acids is 1. The van der Waals surface area contributed by atoms with Crippen molar-refractivity contribution in [3.8, 4) is 11.6 Å². The maximum Gasteiger partial charge on any atom is 0.240 e. The topological polar surface area (TPSA) is 107 Å². The number of aromatic nitrogens is 1. The molecule has 0 radical (unpaired) electrons. The van der Waals surface area contributed by atoms with Crippen molar-refractivity contribution in [1.82, 2.24) is 15.0 Å². The van der Waals surface area contributed by atoms with Crippen LogP contribution in [-0.2, 0) is 21.4 Å². The highest BCUT2D eigenvalue weighted by molar-refractivity contribution is 7.89. The van der Waals surface area contributed by atoms with E-state index in [1.54, 1.807) is 30.5 Å². The quantitative estimate of drug-likeness (QED) is 0.633. The number of benzene rings is 1. The Balaban J connectivity index is 1.79. The van der Waals surface area contributed by atoms with E-state index in [1.807, 2.05) is 6.92 Å². The zero-order chi connectivity index (χ0) is 19.7. The number of ether oxygens (including phenoxy) is 2. The molecule has 1 heterocycles. The number of hydrogen-bond acceptors (Lipinski definition) is 6. The average molecular weight is 393 g/mol.